The number of allylic oxidation sites excluding steroid dienone is 1. The van der Waals surface area contributed by atoms with E-state index in [1.807, 2.05) is 24.3 Å². The van der Waals surface area contributed by atoms with E-state index in [1.54, 1.807) is 6.08 Å². The topological polar surface area (TPSA) is 80.6 Å². The van der Waals surface area contributed by atoms with E-state index in [2.05, 4.69) is 12.1 Å². The van der Waals surface area contributed by atoms with Gasteiger partial charge in [0, 0.05) is 12.4 Å². The Bertz CT molecular complexity index is 560. The number of carbonyl (C=O) groups excluding carboxylic acids is 1. The number of aliphatic hydroxyl groups is 2. The molecular formula is C21H29NaO4. The number of hydrogen-bond acceptors (Lipinski definition) is 4. The second-order valence-electron chi connectivity index (χ2n) is 7.31. The van der Waals surface area contributed by atoms with E-state index >= 15 is 0 Å². The Morgan fingerprint density at radius 2 is 2.04 bits per heavy atom. The Kier molecular flexibility index (Phi) is 10.7. The number of aliphatic hydroxyl groups excluding tert-OH is 1. The molecule has 1 aliphatic rings. The summed E-state index contributed by atoms with van der Waals surface area (Å²) < 4.78 is 0. The number of carboxylic acids is 1. The maximum absolute atomic E-state index is 10.8. The average molecular weight is 368 g/mol. The minimum Gasteiger partial charge on any atom is -0.550 e. The third-order valence-electron chi connectivity index (χ3n) is 5.00. The summed E-state index contributed by atoms with van der Waals surface area (Å²) in [5, 5.41) is 31.2. The van der Waals surface area contributed by atoms with Crippen molar-refractivity contribution in [3.05, 3.63) is 48.0 Å². The van der Waals surface area contributed by atoms with Crippen molar-refractivity contribution >= 4 is 5.97 Å². The number of hydrogen-bond donors (Lipinski definition) is 2. The molecule has 1 fully saturated rings. The van der Waals surface area contributed by atoms with Crippen LogP contribution in [0.3, 0.4) is 0 Å². The van der Waals surface area contributed by atoms with Gasteiger partial charge in [-0.2, -0.15) is 0 Å². The first kappa shape index (κ1) is 23.4. The Morgan fingerprint density at radius 3 is 2.73 bits per heavy atom. The number of aryl methyl sites for hydroxylation is 1. The monoisotopic (exact) mass is 368 g/mol. The summed E-state index contributed by atoms with van der Waals surface area (Å²) in [5.74, 6) is -1.08. The number of benzene rings is 1. The third-order valence-corrected chi connectivity index (χ3v) is 5.00. The molecule has 0 spiro atoms. The predicted octanol–water partition coefficient (Wildman–Crippen LogP) is -0.618. The van der Waals surface area contributed by atoms with Crippen LogP contribution in [0.15, 0.2) is 42.5 Å². The molecule has 26 heavy (non-hydrogen) atoms. The van der Waals surface area contributed by atoms with Crippen molar-refractivity contribution in [2.24, 2.45) is 5.92 Å². The van der Waals surface area contributed by atoms with Crippen molar-refractivity contribution in [1.82, 2.24) is 0 Å². The minimum atomic E-state index is -1.20. The smallest absolute Gasteiger partial charge is 0.550 e. The number of carboxylic acid groups (broad SMARTS) is 1. The van der Waals surface area contributed by atoms with Crippen LogP contribution in [0.4, 0.5) is 0 Å². The van der Waals surface area contributed by atoms with E-state index < -0.39 is 17.7 Å². The van der Waals surface area contributed by atoms with Crippen LogP contribution in [0.1, 0.15) is 56.9 Å². The van der Waals surface area contributed by atoms with E-state index in [9.17, 15) is 20.1 Å². The van der Waals surface area contributed by atoms with Crippen molar-refractivity contribution < 1.29 is 49.7 Å². The molecule has 0 heterocycles. The summed E-state index contributed by atoms with van der Waals surface area (Å²) in [6, 6.07) is 10.3. The molecule has 3 atom stereocenters. The van der Waals surface area contributed by atoms with Gasteiger partial charge in [0.15, 0.2) is 0 Å². The van der Waals surface area contributed by atoms with E-state index in [0.717, 1.165) is 38.5 Å². The molecule has 1 aromatic rings. The summed E-state index contributed by atoms with van der Waals surface area (Å²) in [6.07, 6.45) is 9.37. The summed E-state index contributed by atoms with van der Waals surface area (Å²) in [5.41, 5.74) is 0.161. The van der Waals surface area contributed by atoms with Crippen molar-refractivity contribution in [1.29, 1.82) is 0 Å². The number of rotatable bonds is 9. The largest absolute Gasteiger partial charge is 1.00 e. The zero-order valence-electron chi connectivity index (χ0n) is 15.8. The average Bonchev–Trinajstić information content (AvgIpc) is 2.57. The van der Waals surface area contributed by atoms with Crippen LogP contribution >= 0.6 is 0 Å². The summed E-state index contributed by atoms with van der Waals surface area (Å²) in [6.45, 7) is 0. The first-order valence-electron chi connectivity index (χ1n) is 9.29. The van der Waals surface area contributed by atoms with Crippen LogP contribution < -0.4 is 34.7 Å². The molecule has 0 amide bonds. The molecule has 1 saturated carbocycles. The molecule has 2 N–H and O–H groups in total. The van der Waals surface area contributed by atoms with Crippen LogP contribution in [0.25, 0.3) is 0 Å². The molecule has 2 rings (SSSR count). The first-order chi connectivity index (χ1) is 12.0. The molecule has 0 aromatic heterocycles. The van der Waals surface area contributed by atoms with E-state index in [0.29, 0.717) is 12.8 Å². The van der Waals surface area contributed by atoms with Gasteiger partial charge in [-0.15, -0.1) is 0 Å². The van der Waals surface area contributed by atoms with Gasteiger partial charge in [0.05, 0.1) is 11.7 Å². The van der Waals surface area contributed by atoms with Gasteiger partial charge in [0.2, 0.25) is 0 Å². The van der Waals surface area contributed by atoms with Crippen LogP contribution in [0, 0.1) is 5.92 Å². The second-order valence-corrected chi connectivity index (χ2v) is 7.31. The fourth-order valence-electron chi connectivity index (χ4n) is 3.69. The van der Waals surface area contributed by atoms with Crippen molar-refractivity contribution in [3.63, 3.8) is 0 Å². The third kappa shape index (κ3) is 8.83. The molecular weight excluding hydrogens is 339 g/mol. The van der Waals surface area contributed by atoms with E-state index in [1.165, 1.54) is 5.56 Å². The van der Waals surface area contributed by atoms with Gasteiger partial charge < -0.3 is 20.1 Å². The molecule has 0 saturated heterocycles. The summed E-state index contributed by atoms with van der Waals surface area (Å²) in [4.78, 5) is 10.8. The quantitative estimate of drug-likeness (QED) is 0.346. The van der Waals surface area contributed by atoms with Crippen LogP contribution in [-0.4, -0.2) is 27.9 Å². The normalized spacial score (nSPS) is 24.2. The fraction of sp³-hybridized carbons (Fsp3) is 0.571. The molecule has 0 bridgehead atoms. The summed E-state index contributed by atoms with van der Waals surface area (Å²) >= 11 is 0. The van der Waals surface area contributed by atoms with Gasteiger partial charge in [-0.25, -0.2) is 0 Å². The Labute approximate surface area is 178 Å². The van der Waals surface area contributed by atoms with Gasteiger partial charge in [-0.3, -0.25) is 0 Å². The molecule has 1 aromatic carbocycles. The van der Waals surface area contributed by atoms with Gasteiger partial charge in [-0.1, -0.05) is 48.9 Å². The first-order valence-corrected chi connectivity index (χ1v) is 9.29. The SMILES string of the molecule is O=C([O-])C[C@@]1(O)CCC[C@H](/C=C/C(O)CCCCc2ccccc2)C1.[Na+]. The molecule has 0 radical (unpaired) electrons. The Hall–Kier alpha value is -0.650. The summed E-state index contributed by atoms with van der Waals surface area (Å²) in [7, 11) is 0. The molecule has 5 heteroatoms. The van der Waals surface area contributed by atoms with Gasteiger partial charge in [-0.05, 0) is 56.4 Å². The standard InChI is InChI=1S/C21H30O4.Na/c22-19(11-5-4-9-17-7-2-1-3-8-17)13-12-18-10-6-14-21(25,15-18)16-20(23)24;/h1-3,7-8,12-13,18-19,22,25H,4-6,9-11,14-16H2,(H,23,24);/q;+1/p-1/b13-12+;/t18-,19?,21-;/m1./s1. The second kappa shape index (κ2) is 11.9. The maximum Gasteiger partial charge on any atom is 1.00 e. The Morgan fingerprint density at radius 1 is 1.31 bits per heavy atom. The Balaban J connectivity index is 0.00000338. The fourth-order valence-corrected chi connectivity index (χ4v) is 3.69. The molecule has 1 unspecified atom stereocenters. The number of carbonyl (C=O) groups is 1. The van der Waals surface area contributed by atoms with Gasteiger partial charge in [0.1, 0.15) is 0 Å². The van der Waals surface area contributed by atoms with Crippen LogP contribution in [-0.2, 0) is 11.2 Å². The zero-order valence-corrected chi connectivity index (χ0v) is 17.8. The predicted molar refractivity (Wildman–Crippen MR) is 95.7 cm³/mol. The van der Waals surface area contributed by atoms with E-state index in [4.69, 9.17) is 0 Å². The zero-order chi connectivity index (χ0) is 18.1. The molecule has 1 aliphatic carbocycles. The van der Waals surface area contributed by atoms with Crippen molar-refractivity contribution in [2.45, 2.75) is 69.5 Å². The number of unbranched alkanes of at least 4 members (excludes halogenated alkanes) is 1. The van der Waals surface area contributed by atoms with Crippen molar-refractivity contribution in [2.75, 3.05) is 0 Å². The molecule has 0 aliphatic heterocycles. The van der Waals surface area contributed by atoms with Crippen molar-refractivity contribution in [3.8, 4) is 0 Å². The number of aliphatic carboxylic acids is 1. The van der Waals surface area contributed by atoms with Crippen LogP contribution in [0.2, 0.25) is 0 Å². The molecule has 4 nitrogen and oxygen atoms in total. The minimum absolute atomic E-state index is 0. The molecule has 138 valence electrons. The van der Waals surface area contributed by atoms with Gasteiger partial charge in [0.25, 0.3) is 0 Å². The van der Waals surface area contributed by atoms with Gasteiger partial charge >= 0.3 is 29.6 Å². The van der Waals surface area contributed by atoms with Crippen LogP contribution in [0.5, 0.6) is 0 Å². The maximum atomic E-state index is 10.8. The van der Waals surface area contributed by atoms with E-state index in [-0.39, 0.29) is 41.9 Å².